The van der Waals surface area contributed by atoms with Gasteiger partial charge in [-0.05, 0) is 61.4 Å². The van der Waals surface area contributed by atoms with Crippen molar-refractivity contribution in [1.82, 2.24) is 15.8 Å². The minimum Gasteiger partial charge on any atom is -0.507 e. The monoisotopic (exact) mass is 672 g/mol. The first-order chi connectivity index (χ1) is 23.4. The summed E-state index contributed by atoms with van der Waals surface area (Å²) in [5.41, 5.74) is 3.90. The van der Waals surface area contributed by atoms with E-state index in [4.69, 9.17) is 9.47 Å². The summed E-state index contributed by atoms with van der Waals surface area (Å²) in [6, 6.07) is 4.57. The maximum atomic E-state index is 14.4. The van der Waals surface area contributed by atoms with Gasteiger partial charge in [0.05, 0.1) is 17.2 Å². The maximum absolute atomic E-state index is 14.4. The molecule has 7 atom stereocenters. The fourth-order valence-electron chi connectivity index (χ4n) is 9.17. The number of aromatic hydroxyl groups is 1. The van der Waals surface area contributed by atoms with Crippen LogP contribution in [0.4, 0.5) is 5.82 Å². The zero-order chi connectivity index (χ0) is 34.2. The number of pyridine rings is 1. The zero-order valence-electron chi connectivity index (χ0n) is 26.5. The SMILES string of the molecule is Cc1cc(O)c2c(c1)C(=O)c1c(c3c4c5c(nccc15)NC[C@H](O)C1(CCCC1)C1=C[C@@]5(O[C@@](CC4)(O3)[C@H](O)[C@@H](O)[C@@H]5O)[C@H](O)NN1)C2=O. The predicted octanol–water partition coefficient (Wildman–Crippen LogP) is 0.554. The molecule has 49 heavy (non-hydrogen) atoms. The highest BCUT2D eigenvalue weighted by Gasteiger charge is 2.66. The Hall–Kier alpha value is -4.15. The molecule has 256 valence electrons. The quantitative estimate of drug-likeness (QED) is 0.125. The van der Waals surface area contributed by atoms with Crippen LogP contribution >= 0.6 is 0 Å². The summed E-state index contributed by atoms with van der Waals surface area (Å²) in [4.78, 5) is 33.5. The number of anilines is 1. The van der Waals surface area contributed by atoms with Crippen LogP contribution in [0.15, 0.2) is 36.2 Å². The van der Waals surface area contributed by atoms with Crippen molar-refractivity contribution in [1.29, 1.82) is 0 Å². The van der Waals surface area contributed by atoms with Crippen LogP contribution in [-0.2, 0) is 11.2 Å². The van der Waals surface area contributed by atoms with Crippen LogP contribution in [0.5, 0.6) is 11.5 Å². The molecule has 1 saturated heterocycles. The second-order valence-electron chi connectivity index (χ2n) is 14.2. The van der Waals surface area contributed by atoms with Gasteiger partial charge in [0.25, 0.3) is 0 Å². The number of fused-ring (bicyclic) bond motifs is 6. The number of phenolic OH excluding ortho intramolecular Hbond substituents is 1. The van der Waals surface area contributed by atoms with Crippen molar-refractivity contribution in [2.75, 3.05) is 11.9 Å². The Morgan fingerprint density at radius 1 is 0.959 bits per heavy atom. The van der Waals surface area contributed by atoms with Crippen molar-refractivity contribution in [2.24, 2.45) is 5.41 Å². The molecule has 10 rings (SSSR count). The third-order valence-corrected chi connectivity index (χ3v) is 11.6. The number of aromatic nitrogens is 1. The Morgan fingerprint density at radius 2 is 1.73 bits per heavy atom. The molecular weight excluding hydrogens is 636 g/mol. The minimum atomic E-state index is -2.14. The fourth-order valence-corrected chi connectivity index (χ4v) is 9.17. The number of carbonyl (C=O) groups excluding carboxylic acids is 2. The fraction of sp³-hybridized carbons (Fsp3) is 0.457. The van der Waals surface area contributed by atoms with E-state index in [2.05, 4.69) is 21.2 Å². The number of aliphatic hydroxyl groups is 5. The second kappa shape index (κ2) is 10.2. The average Bonchev–Trinajstić information content (AvgIpc) is 3.59. The summed E-state index contributed by atoms with van der Waals surface area (Å²) in [6.07, 6.45) is -2.69. The van der Waals surface area contributed by atoms with Crippen LogP contribution in [0.3, 0.4) is 0 Å². The van der Waals surface area contributed by atoms with Crippen LogP contribution < -0.4 is 20.9 Å². The predicted molar refractivity (Wildman–Crippen MR) is 171 cm³/mol. The minimum absolute atomic E-state index is 0.00463. The van der Waals surface area contributed by atoms with Crippen molar-refractivity contribution < 1.29 is 49.7 Å². The molecule has 1 aromatic heterocycles. The summed E-state index contributed by atoms with van der Waals surface area (Å²) in [6.45, 7) is 1.72. The molecule has 7 aliphatic rings. The number of hydrogen-bond acceptors (Lipinski definition) is 14. The molecule has 0 radical (unpaired) electrons. The molecule has 2 aromatic carbocycles. The van der Waals surface area contributed by atoms with E-state index in [9.17, 15) is 40.2 Å². The standard InChI is InChI=1S/C35H36N4O10/c1-14-10-17-22(18(40)11-14)26(43)24-23(25(17)42)15-5-9-36-31-21(15)16-4-8-35(48-28(16)24)30(46)27(44)29(45)34(49-35)12-19(38-39-32(34)47)33(6-2-3-7-33)20(41)13-37-31/h5,9-12,20,27,29-30,32,38-41,44-47H,2-4,6-8,13H2,1H3,(H,36,37)/t20-,27-,29-,30+,32-,34-,35+/m0/s1. The van der Waals surface area contributed by atoms with Crippen molar-refractivity contribution >= 4 is 28.2 Å². The van der Waals surface area contributed by atoms with Gasteiger partial charge in [-0.15, -0.1) is 0 Å². The van der Waals surface area contributed by atoms with E-state index >= 15 is 0 Å². The van der Waals surface area contributed by atoms with E-state index < -0.39 is 59.0 Å². The number of rotatable bonds is 0. The second-order valence-corrected chi connectivity index (χ2v) is 14.2. The number of benzene rings is 2. The highest BCUT2D eigenvalue weighted by atomic mass is 16.7. The Kier molecular flexibility index (Phi) is 6.43. The van der Waals surface area contributed by atoms with Crippen molar-refractivity contribution in [3.8, 4) is 11.5 Å². The lowest BCUT2D eigenvalue weighted by Gasteiger charge is -2.57. The molecule has 5 aliphatic heterocycles. The van der Waals surface area contributed by atoms with Gasteiger partial charge >= 0.3 is 0 Å². The van der Waals surface area contributed by atoms with Crippen LogP contribution in [-0.4, -0.2) is 95.8 Å². The van der Waals surface area contributed by atoms with E-state index in [0.29, 0.717) is 46.3 Å². The van der Waals surface area contributed by atoms with Gasteiger partial charge in [-0.25, -0.2) is 10.4 Å². The molecule has 0 unspecified atom stereocenters. The summed E-state index contributed by atoms with van der Waals surface area (Å²) < 4.78 is 13.2. The lowest BCUT2D eigenvalue weighted by atomic mass is 9.72. The van der Waals surface area contributed by atoms with E-state index in [1.54, 1.807) is 19.1 Å². The van der Waals surface area contributed by atoms with Gasteiger partial charge in [0, 0.05) is 52.4 Å². The smallest absolute Gasteiger partial charge is 0.240 e. The van der Waals surface area contributed by atoms with Crippen LogP contribution in [0.1, 0.15) is 75.1 Å². The summed E-state index contributed by atoms with van der Waals surface area (Å²) in [5, 5.41) is 73.1. The molecule has 6 bridgehead atoms. The van der Waals surface area contributed by atoms with Gasteiger partial charge < -0.3 is 50.9 Å². The van der Waals surface area contributed by atoms with Crippen LogP contribution in [0.2, 0.25) is 0 Å². The van der Waals surface area contributed by atoms with Gasteiger partial charge in [-0.2, -0.15) is 0 Å². The Morgan fingerprint density at radius 3 is 2.51 bits per heavy atom. The van der Waals surface area contributed by atoms with E-state index in [1.165, 1.54) is 18.3 Å². The third-order valence-electron chi connectivity index (χ3n) is 11.6. The van der Waals surface area contributed by atoms with Gasteiger partial charge in [-0.3, -0.25) is 9.59 Å². The number of phenols is 1. The van der Waals surface area contributed by atoms with E-state index in [1.807, 2.05) is 0 Å². The Labute approximate surface area is 279 Å². The van der Waals surface area contributed by atoms with Crippen molar-refractivity contribution in [2.45, 2.75) is 87.5 Å². The van der Waals surface area contributed by atoms with E-state index in [-0.39, 0.29) is 53.1 Å². The van der Waals surface area contributed by atoms with Gasteiger partial charge in [0.2, 0.25) is 11.6 Å². The molecule has 2 aliphatic carbocycles. The lowest BCUT2D eigenvalue weighted by Crippen LogP contribution is -2.78. The maximum Gasteiger partial charge on any atom is 0.240 e. The molecule has 3 aromatic rings. The number of aliphatic hydroxyl groups excluding tert-OH is 5. The number of nitrogens with one attached hydrogen (secondary N) is 3. The van der Waals surface area contributed by atoms with Crippen molar-refractivity contribution in [3.63, 3.8) is 0 Å². The number of ketones is 2. The molecule has 2 fully saturated rings. The Balaban J connectivity index is 1.36. The van der Waals surface area contributed by atoms with Gasteiger partial charge in [-0.1, -0.05) is 12.8 Å². The normalized spacial score (nSPS) is 34.1. The van der Waals surface area contributed by atoms with Crippen molar-refractivity contribution in [3.05, 3.63) is 69.5 Å². The average molecular weight is 673 g/mol. The molecular formula is C35H36N4O10. The largest absolute Gasteiger partial charge is 0.507 e. The van der Waals surface area contributed by atoms with Gasteiger partial charge in [0.15, 0.2) is 17.6 Å². The molecule has 14 heteroatoms. The van der Waals surface area contributed by atoms with Crippen LogP contribution in [0, 0.1) is 12.3 Å². The topological polar surface area (TPSA) is 223 Å². The molecule has 14 nitrogen and oxygen atoms in total. The summed E-state index contributed by atoms with van der Waals surface area (Å²) in [5.74, 6) is -3.51. The number of aryl methyl sites for hydroxylation is 2. The molecule has 0 amide bonds. The first-order valence-corrected chi connectivity index (χ1v) is 16.6. The summed E-state index contributed by atoms with van der Waals surface area (Å²) >= 11 is 0. The highest BCUT2D eigenvalue weighted by Crippen LogP contribution is 2.54. The zero-order valence-corrected chi connectivity index (χ0v) is 26.5. The molecule has 1 saturated carbocycles. The number of ether oxygens (including phenoxy) is 2. The highest BCUT2D eigenvalue weighted by molar-refractivity contribution is 6.34. The lowest BCUT2D eigenvalue weighted by molar-refractivity contribution is -0.377. The third kappa shape index (κ3) is 3.87. The van der Waals surface area contributed by atoms with Crippen LogP contribution in [0.25, 0.3) is 10.8 Å². The number of hydrogen-bond donors (Lipinski definition) is 9. The number of nitrogens with zero attached hydrogens (tertiary/aromatic N) is 1. The first-order valence-electron chi connectivity index (χ1n) is 16.6. The Bertz CT molecular complexity index is 2030. The van der Waals surface area contributed by atoms with E-state index in [0.717, 1.165) is 12.8 Å². The summed E-state index contributed by atoms with van der Waals surface area (Å²) in [7, 11) is 0. The molecule has 6 heterocycles. The number of carbonyl (C=O) groups is 2. The molecule has 3 spiro atoms. The first kappa shape index (κ1) is 30.9. The number of hydrazine groups is 1. The molecule has 9 N–H and O–H groups in total. The van der Waals surface area contributed by atoms with Gasteiger partial charge in [0.1, 0.15) is 35.6 Å².